The van der Waals surface area contributed by atoms with Crippen LogP contribution >= 0.6 is 15.9 Å². The quantitative estimate of drug-likeness (QED) is 0.268. The second-order valence-corrected chi connectivity index (χ2v) is 10.3. The monoisotopic (exact) mass is 538 g/mol. The average Bonchev–Trinajstić information content (AvgIpc) is 3.27. The Morgan fingerprint density at radius 2 is 1.78 bits per heavy atom. The summed E-state index contributed by atoms with van der Waals surface area (Å²) in [5.41, 5.74) is 4.03. The van der Waals surface area contributed by atoms with Crippen molar-refractivity contribution >= 4 is 49.3 Å². The molecule has 6 rings (SSSR count). The van der Waals surface area contributed by atoms with Crippen molar-refractivity contribution < 1.29 is 4.79 Å². The molecule has 2 heterocycles. The van der Waals surface area contributed by atoms with Crippen molar-refractivity contribution in [2.75, 3.05) is 18.4 Å². The summed E-state index contributed by atoms with van der Waals surface area (Å²) in [7, 11) is 0. The highest BCUT2D eigenvalue weighted by molar-refractivity contribution is 9.10. The molecule has 1 aliphatic rings. The Balaban J connectivity index is 1.24. The van der Waals surface area contributed by atoms with E-state index in [4.69, 9.17) is 4.98 Å². The Morgan fingerprint density at radius 1 is 0.972 bits per heavy atom. The molecule has 180 valence electrons. The topological polar surface area (TPSA) is 50.2 Å². The maximum absolute atomic E-state index is 13.3. The van der Waals surface area contributed by atoms with Gasteiger partial charge in [0.05, 0.1) is 23.5 Å². The van der Waals surface area contributed by atoms with Gasteiger partial charge in [-0.2, -0.15) is 0 Å². The number of hydrogen-bond donors (Lipinski definition) is 1. The highest BCUT2D eigenvalue weighted by Gasteiger charge is 2.27. The number of para-hydroxylation sites is 2. The van der Waals surface area contributed by atoms with E-state index in [0.717, 1.165) is 69.4 Å². The van der Waals surface area contributed by atoms with Gasteiger partial charge in [-0.15, -0.1) is 0 Å². The van der Waals surface area contributed by atoms with Crippen molar-refractivity contribution in [1.29, 1.82) is 0 Å². The van der Waals surface area contributed by atoms with Gasteiger partial charge in [0.1, 0.15) is 5.82 Å². The standard InChI is InChI=1S/C30H27BrN4O/c31-23-11-6-12-24(18-23)35-28-16-4-3-14-27(28)32-29(35)20-34-17-7-10-22(19-34)30(36)33-26-15-5-9-21-8-1-2-13-25(21)26/h1-6,8-9,11-16,18,22H,7,10,17,19-20H2,(H,33,36)/t22-/m0/s1. The van der Waals surface area contributed by atoms with Gasteiger partial charge in [-0.05, 0) is 61.2 Å². The van der Waals surface area contributed by atoms with Crippen LogP contribution in [0.25, 0.3) is 27.5 Å². The molecule has 5 aromatic rings. The number of anilines is 1. The summed E-state index contributed by atoms with van der Waals surface area (Å²) in [4.78, 5) is 20.7. The molecule has 1 N–H and O–H groups in total. The molecule has 1 aromatic heterocycles. The molecule has 6 heteroatoms. The predicted molar refractivity (Wildman–Crippen MR) is 149 cm³/mol. The Hall–Kier alpha value is -3.48. The number of piperidine rings is 1. The van der Waals surface area contributed by atoms with Gasteiger partial charge in [0.2, 0.25) is 5.91 Å². The largest absolute Gasteiger partial charge is 0.325 e. The Kier molecular flexibility index (Phi) is 6.30. The van der Waals surface area contributed by atoms with Crippen molar-refractivity contribution in [3.63, 3.8) is 0 Å². The van der Waals surface area contributed by atoms with Gasteiger partial charge >= 0.3 is 0 Å². The van der Waals surface area contributed by atoms with Gasteiger partial charge in [0.25, 0.3) is 0 Å². The second-order valence-electron chi connectivity index (χ2n) is 9.42. The minimum Gasteiger partial charge on any atom is -0.325 e. The molecule has 1 saturated heterocycles. The van der Waals surface area contributed by atoms with E-state index in [1.807, 2.05) is 42.5 Å². The molecule has 36 heavy (non-hydrogen) atoms. The zero-order valence-electron chi connectivity index (χ0n) is 19.9. The molecular weight excluding hydrogens is 512 g/mol. The van der Waals surface area contributed by atoms with Crippen LogP contribution in [0.1, 0.15) is 18.7 Å². The van der Waals surface area contributed by atoms with Gasteiger partial charge in [-0.1, -0.05) is 70.5 Å². The van der Waals surface area contributed by atoms with Crippen LogP contribution < -0.4 is 5.32 Å². The lowest BCUT2D eigenvalue weighted by molar-refractivity contribution is -0.121. The minimum atomic E-state index is -0.0542. The Bertz CT molecular complexity index is 1550. The smallest absolute Gasteiger partial charge is 0.228 e. The van der Waals surface area contributed by atoms with Crippen molar-refractivity contribution in [3.8, 4) is 5.69 Å². The van der Waals surface area contributed by atoms with Crippen LogP contribution in [-0.2, 0) is 11.3 Å². The fourth-order valence-electron chi connectivity index (χ4n) is 5.27. The zero-order chi connectivity index (χ0) is 24.5. The molecule has 0 aliphatic carbocycles. The summed E-state index contributed by atoms with van der Waals surface area (Å²) in [5, 5.41) is 5.42. The molecule has 1 aliphatic heterocycles. The molecule has 1 amide bonds. The Morgan fingerprint density at radius 3 is 2.69 bits per heavy atom. The SMILES string of the molecule is O=C(Nc1cccc2ccccc12)[C@H]1CCCN(Cc2nc3ccccc3n2-c2cccc(Br)c2)C1. The fourth-order valence-corrected chi connectivity index (χ4v) is 5.65. The second kappa shape index (κ2) is 9.88. The molecule has 1 atom stereocenters. The van der Waals surface area contributed by atoms with Crippen LogP contribution in [0, 0.1) is 5.92 Å². The van der Waals surface area contributed by atoms with E-state index in [0.29, 0.717) is 6.54 Å². The molecule has 0 bridgehead atoms. The van der Waals surface area contributed by atoms with E-state index < -0.39 is 0 Å². The lowest BCUT2D eigenvalue weighted by Gasteiger charge is -2.32. The lowest BCUT2D eigenvalue weighted by Crippen LogP contribution is -2.40. The number of nitrogens with zero attached hydrogens (tertiary/aromatic N) is 3. The number of rotatable bonds is 5. The number of halogens is 1. The van der Waals surface area contributed by atoms with Crippen LogP contribution in [0.4, 0.5) is 5.69 Å². The third-order valence-corrected chi connectivity index (χ3v) is 7.48. The highest BCUT2D eigenvalue weighted by atomic mass is 79.9. The first-order valence-corrected chi connectivity index (χ1v) is 13.2. The number of aromatic nitrogens is 2. The van der Waals surface area contributed by atoms with Gasteiger partial charge < -0.3 is 5.32 Å². The van der Waals surface area contributed by atoms with Gasteiger partial charge in [-0.3, -0.25) is 14.3 Å². The van der Waals surface area contributed by atoms with Gasteiger partial charge in [0, 0.05) is 27.8 Å². The molecule has 0 unspecified atom stereocenters. The summed E-state index contributed by atoms with van der Waals surface area (Å²) < 4.78 is 3.27. The van der Waals surface area contributed by atoms with Crippen molar-refractivity contribution in [3.05, 3.63) is 101 Å². The van der Waals surface area contributed by atoms with Crippen molar-refractivity contribution in [2.24, 2.45) is 5.92 Å². The van der Waals surface area contributed by atoms with E-state index >= 15 is 0 Å². The number of nitrogens with one attached hydrogen (secondary N) is 1. The maximum atomic E-state index is 13.3. The van der Waals surface area contributed by atoms with E-state index in [1.165, 1.54) is 0 Å². The van der Waals surface area contributed by atoms with E-state index in [-0.39, 0.29) is 11.8 Å². The normalized spacial score (nSPS) is 16.4. The number of benzene rings is 4. The summed E-state index contributed by atoms with van der Waals surface area (Å²) in [5.74, 6) is 1.03. The molecule has 4 aromatic carbocycles. The molecule has 0 spiro atoms. The molecule has 0 saturated carbocycles. The summed E-state index contributed by atoms with van der Waals surface area (Å²) >= 11 is 3.61. The lowest BCUT2D eigenvalue weighted by atomic mass is 9.96. The number of hydrogen-bond acceptors (Lipinski definition) is 3. The number of imidazole rings is 1. The van der Waals surface area contributed by atoms with E-state index in [1.54, 1.807) is 0 Å². The van der Waals surface area contributed by atoms with Crippen LogP contribution in [0.3, 0.4) is 0 Å². The van der Waals surface area contributed by atoms with Crippen LogP contribution in [0.5, 0.6) is 0 Å². The summed E-state index contributed by atoms with van der Waals surface area (Å²) in [6.45, 7) is 2.37. The molecular formula is C30H27BrN4O. The number of carbonyl (C=O) groups is 1. The third-order valence-electron chi connectivity index (χ3n) is 6.99. The first-order valence-electron chi connectivity index (χ1n) is 12.4. The number of fused-ring (bicyclic) bond motifs is 2. The minimum absolute atomic E-state index is 0.0542. The van der Waals surface area contributed by atoms with Crippen LogP contribution in [0.2, 0.25) is 0 Å². The predicted octanol–water partition coefficient (Wildman–Crippen LogP) is 6.79. The molecule has 0 radical (unpaired) electrons. The molecule has 5 nitrogen and oxygen atoms in total. The van der Waals surface area contributed by atoms with Crippen molar-refractivity contribution in [1.82, 2.24) is 14.5 Å². The van der Waals surface area contributed by atoms with Crippen LogP contribution in [0.15, 0.2) is 95.5 Å². The average molecular weight is 539 g/mol. The van der Waals surface area contributed by atoms with Gasteiger partial charge in [-0.25, -0.2) is 4.98 Å². The summed E-state index contributed by atoms with van der Waals surface area (Å²) in [6.07, 6.45) is 1.89. The van der Waals surface area contributed by atoms with E-state index in [2.05, 4.69) is 79.2 Å². The summed E-state index contributed by atoms with van der Waals surface area (Å²) in [6, 6.07) is 30.8. The first-order chi connectivity index (χ1) is 17.7. The maximum Gasteiger partial charge on any atom is 0.228 e. The van der Waals surface area contributed by atoms with Crippen LogP contribution in [-0.4, -0.2) is 33.4 Å². The van der Waals surface area contributed by atoms with E-state index in [9.17, 15) is 4.79 Å². The number of carbonyl (C=O) groups excluding carboxylic acids is 1. The molecule has 1 fully saturated rings. The Labute approximate surface area is 218 Å². The van der Waals surface area contributed by atoms with Gasteiger partial charge in [0.15, 0.2) is 0 Å². The fraction of sp³-hybridized carbons (Fsp3) is 0.200. The van der Waals surface area contributed by atoms with Crippen molar-refractivity contribution in [2.45, 2.75) is 19.4 Å². The zero-order valence-corrected chi connectivity index (χ0v) is 21.5. The third kappa shape index (κ3) is 4.54. The number of amides is 1. The number of likely N-dealkylation sites (tertiary alicyclic amines) is 1. The highest BCUT2D eigenvalue weighted by Crippen LogP contribution is 2.28. The first kappa shape index (κ1) is 23.0.